The van der Waals surface area contributed by atoms with Crippen LogP contribution in [0.5, 0.6) is 0 Å². The maximum absolute atomic E-state index is 12.9. The summed E-state index contributed by atoms with van der Waals surface area (Å²) in [5, 5.41) is 35.2. The molecule has 0 aromatic heterocycles. The van der Waals surface area contributed by atoms with Gasteiger partial charge in [0, 0.05) is 30.2 Å². The molecule has 0 spiro atoms. The Morgan fingerprint density at radius 3 is 2.13 bits per heavy atom. The van der Waals surface area contributed by atoms with Crippen molar-refractivity contribution in [3.8, 4) is 0 Å². The molecule has 206 valence electrons. The third kappa shape index (κ3) is 8.33. The number of carboxylic acid groups (broad SMARTS) is 1. The van der Waals surface area contributed by atoms with E-state index in [1.807, 2.05) is 66.7 Å². The molecule has 1 fully saturated rings. The average Bonchev–Trinajstić information content (AvgIpc) is 2.94. The molecule has 4 rings (SSSR count). The van der Waals surface area contributed by atoms with Crippen LogP contribution >= 0.6 is 0 Å². The van der Waals surface area contributed by atoms with Gasteiger partial charge in [-0.2, -0.15) is 0 Å². The van der Waals surface area contributed by atoms with E-state index in [1.165, 1.54) is 6.42 Å². The summed E-state index contributed by atoms with van der Waals surface area (Å²) >= 11 is 0. The Bertz CT molecular complexity index is 1240. The van der Waals surface area contributed by atoms with E-state index in [0.717, 1.165) is 31.5 Å². The second kappa shape index (κ2) is 15.3. The van der Waals surface area contributed by atoms with Crippen LogP contribution in [0.1, 0.15) is 48.3 Å². The smallest absolute Gasteiger partial charge is 0.861 e. The monoisotopic (exact) mass is 569 g/mol. The number of aliphatic hydroxyl groups excluding tert-OH is 1. The Labute approximate surface area is 239 Å². The summed E-state index contributed by atoms with van der Waals surface area (Å²) < 4.78 is 0. The molecular weight excluding hydrogens is 537 g/mol. The average molecular weight is 570 g/mol. The number of likely N-dealkylation sites (tertiary alicyclic amines) is 1. The Morgan fingerprint density at radius 2 is 1.49 bits per heavy atom. The molecule has 3 aromatic carbocycles. The number of hydrogen-bond donors (Lipinski definition) is 1. The first-order valence-corrected chi connectivity index (χ1v) is 13.1. The van der Waals surface area contributed by atoms with Gasteiger partial charge in [-0.15, -0.1) is 0 Å². The number of nitrogens with zero attached hydrogens (tertiary/aromatic N) is 3. The van der Waals surface area contributed by atoms with Gasteiger partial charge in [0.05, 0.1) is 23.4 Å². The van der Waals surface area contributed by atoms with Crippen molar-refractivity contribution in [2.24, 2.45) is 9.98 Å². The van der Waals surface area contributed by atoms with Gasteiger partial charge in [-0.25, -0.2) is 0 Å². The van der Waals surface area contributed by atoms with Gasteiger partial charge in [0.15, 0.2) is 0 Å². The molecule has 0 amide bonds. The number of aliphatic carboxylic acids is 1. The first-order chi connectivity index (χ1) is 18.6. The fourth-order valence-electron chi connectivity index (χ4n) is 4.94. The SMILES string of the molecule is O=C([O-])[C@H](N=C(c1ccccc1)c1ccccc1N=C([O-])CN1CCCCC1)[C@@H](CCO)c1ccccc1.[Ni+2]. The first kappa shape index (κ1) is 30.2. The van der Waals surface area contributed by atoms with Gasteiger partial charge < -0.3 is 20.1 Å². The van der Waals surface area contributed by atoms with E-state index in [2.05, 4.69) is 9.89 Å². The summed E-state index contributed by atoms with van der Waals surface area (Å²) in [7, 11) is 0. The maximum Gasteiger partial charge on any atom is 2.00 e. The van der Waals surface area contributed by atoms with Crippen molar-refractivity contribution >= 4 is 23.3 Å². The predicted molar refractivity (Wildman–Crippen MR) is 146 cm³/mol. The fraction of sp³-hybridized carbons (Fsp3) is 0.323. The van der Waals surface area contributed by atoms with Crippen LogP contribution in [0.3, 0.4) is 0 Å². The standard InChI is InChI=1S/C31H35N3O4.Ni/c35-21-18-25(23-12-4-1-5-13-23)30(31(37)38)33-29(24-14-6-2-7-15-24)26-16-8-9-17-27(26)32-28(36)22-34-19-10-3-11-20-34;/h1-2,4-9,12-17,25,30,35H,3,10-11,18-22H2,(H,32,36)(H,37,38);/q;+2/p-2/t25-,30+;/m0./s1. The number of carbonyl (C=O) groups is 1. The molecule has 1 aliphatic rings. The molecule has 8 heteroatoms. The van der Waals surface area contributed by atoms with Gasteiger partial charge in [-0.3, -0.25) is 14.9 Å². The molecule has 0 unspecified atom stereocenters. The Kier molecular flexibility index (Phi) is 11.9. The van der Waals surface area contributed by atoms with E-state index in [0.29, 0.717) is 22.5 Å². The summed E-state index contributed by atoms with van der Waals surface area (Å²) in [6.07, 6.45) is 3.54. The van der Waals surface area contributed by atoms with Crippen molar-refractivity contribution in [2.75, 3.05) is 26.2 Å². The van der Waals surface area contributed by atoms with Crippen LogP contribution in [-0.4, -0.2) is 59.9 Å². The number of para-hydroxylation sites is 1. The number of rotatable bonds is 11. The quantitative estimate of drug-likeness (QED) is 0.217. The second-order valence-corrected chi connectivity index (χ2v) is 9.50. The van der Waals surface area contributed by atoms with E-state index in [-0.39, 0.29) is 42.0 Å². The van der Waals surface area contributed by atoms with Gasteiger partial charge in [0.25, 0.3) is 0 Å². The molecule has 0 bridgehead atoms. The molecule has 0 aliphatic carbocycles. The van der Waals surface area contributed by atoms with Crippen LogP contribution in [0.4, 0.5) is 5.69 Å². The topological polar surface area (TPSA) is 111 Å². The third-order valence-electron chi connectivity index (χ3n) is 6.82. The minimum absolute atomic E-state index is 0. The minimum atomic E-state index is -1.34. The van der Waals surface area contributed by atoms with Crippen molar-refractivity contribution < 1.29 is 36.6 Å². The molecule has 0 radical (unpaired) electrons. The van der Waals surface area contributed by atoms with Gasteiger partial charge in [-0.05, 0) is 49.9 Å². The van der Waals surface area contributed by atoms with Gasteiger partial charge in [-0.1, -0.05) is 85.3 Å². The van der Waals surface area contributed by atoms with Gasteiger partial charge in [0.1, 0.15) is 0 Å². The van der Waals surface area contributed by atoms with Gasteiger partial charge in [0.2, 0.25) is 0 Å². The number of aliphatic imine (C=N–C) groups is 2. The molecule has 1 aliphatic heterocycles. The molecule has 1 saturated heterocycles. The zero-order chi connectivity index (χ0) is 26.7. The molecule has 3 aromatic rings. The second-order valence-electron chi connectivity index (χ2n) is 9.50. The molecule has 39 heavy (non-hydrogen) atoms. The molecule has 2 atom stereocenters. The number of carboxylic acids is 1. The minimum Gasteiger partial charge on any atom is -0.861 e. The normalized spacial score (nSPS) is 16.2. The number of carbonyl (C=O) groups excluding carboxylic acids is 1. The summed E-state index contributed by atoms with van der Waals surface area (Å²) in [5.74, 6) is -2.18. The Morgan fingerprint density at radius 1 is 0.872 bits per heavy atom. The van der Waals surface area contributed by atoms with Crippen LogP contribution in [0.15, 0.2) is 94.9 Å². The van der Waals surface area contributed by atoms with Crippen LogP contribution in [-0.2, 0) is 21.3 Å². The number of aliphatic hydroxyl groups is 1. The summed E-state index contributed by atoms with van der Waals surface area (Å²) in [5.41, 5.74) is 2.85. The van der Waals surface area contributed by atoms with Gasteiger partial charge >= 0.3 is 16.5 Å². The van der Waals surface area contributed by atoms with E-state index in [4.69, 9.17) is 4.99 Å². The molecule has 1 N–H and O–H groups in total. The van der Waals surface area contributed by atoms with E-state index >= 15 is 0 Å². The number of hydrogen-bond acceptors (Lipinski definition) is 7. The van der Waals surface area contributed by atoms with Crippen molar-refractivity contribution in [3.05, 3.63) is 102 Å². The first-order valence-electron chi connectivity index (χ1n) is 13.1. The van der Waals surface area contributed by atoms with Crippen molar-refractivity contribution in [3.63, 3.8) is 0 Å². The van der Waals surface area contributed by atoms with Crippen LogP contribution in [0.2, 0.25) is 0 Å². The van der Waals surface area contributed by atoms with Crippen molar-refractivity contribution in [1.29, 1.82) is 0 Å². The van der Waals surface area contributed by atoms with Crippen LogP contribution in [0, 0.1) is 0 Å². The zero-order valence-corrected chi connectivity index (χ0v) is 22.7. The van der Waals surface area contributed by atoms with Crippen LogP contribution < -0.4 is 10.2 Å². The molecule has 7 nitrogen and oxygen atoms in total. The molecular formula is C31H33N3NiO4. The third-order valence-corrected chi connectivity index (χ3v) is 6.82. The Hall–Kier alpha value is -3.32. The zero-order valence-electron chi connectivity index (χ0n) is 21.7. The van der Waals surface area contributed by atoms with E-state index in [1.54, 1.807) is 18.2 Å². The summed E-state index contributed by atoms with van der Waals surface area (Å²) in [6, 6.07) is 24.3. The number of piperidine rings is 1. The Balaban J connectivity index is 0.00000420. The van der Waals surface area contributed by atoms with Crippen LogP contribution in [0.25, 0.3) is 0 Å². The van der Waals surface area contributed by atoms with Crippen molar-refractivity contribution in [1.82, 2.24) is 4.90 Å². The fourth-order valence-corrected chi connectivity index (χ4v) is 4.94. The molecule has 0 saturated carbocycles. The largest absolute Gasteiger partial charge is 2.00 e. The van der Waals surface area contributed by atoms with Crippen molar-refractivity contribution in [2.45, 2.75) is 37.6 Å². The predicted octanol–water partition coefficient (Wildman–Crippen LogP) is 2.68. The molecule has 1 heterocycles. The summed E-state index contributed by atoms with van der Waals surface area (Å²) in [6.45, 7) is 1.83. The van der Waals surface area contributed by atoms with E-state index < -0.39 is 17.9 Å². The summed E-state index contributed by atoms with van der Waals surface area (Å²) in [4.78, 5) is 23.8. The maximum atomic E-state index is 12.9. The number of benzene rings is 3. The van der Waals surface area contributed by atoms with E-state index in [9.17, 15) is 20.1 Å².